The zero-order valence-electron chi connectivity index (χ0n) is 14.7. The van der Waals surface area contributed by atoms with Gasteiger partial charge in [-0.2, -0.15) is 0 Å². The lowest BCUT2D eigenvalue weighted by atomic mass is 10.2. The molecule has 0 aliphatic heterocycles. The smallest absolute Gasteiger partial charge is 0.442 e. The highest BCUT2D eigenvalue weighted by molar-refractivity contribution is 7.99. The molecule has 0 aliphatic rings. The lowest BCUT2D eigenvalue weighted by molar-refractivity contribution is -0.704. The van der Waals surface area contributed by atoms with Crippen LogP contribution in [0, 0.1) is 0 Å². The van der Waals surface area contributed by atoms with E-state index in [0.29, 0.717) is 11.4 Å². The Labute approximate surface area is 162 Å². The van der Waals surface area contributed by atoms with E-state index >= 15 is 0 Å². The first-order chi connectivity index (χ1) is 13.5. The average Bonchev–Trinajstić information content (AvgIpc) is 3.07. The van der Waals surface area contributed by atoms with Crippen LogP contribution in [0.2, 0.25) is 0 Å². The molecule has 3 aromatic rings. The van der Waals surface area contributed by atoms with Gasteiger partial charge in [0, 0.05) is 12.1 Å². The lowest BCUT2D eigenvalue weighted by Crippen LogP contribution is -2.36. The summed E-state index contributed by atoms with van der Waals surface area (Å²) in [7, 11) is 1.37. The van der Waals surface area contributed by atoms with Gasteiger partial charge in [0.05, 0.1) is 24.1 Å². The fourth-order valence-electron chi connectivity index (χ4n) is 2.38. The number of nitrogens with one attached hydrogen (secondary N) is 2. The number of amides is 1. The fraction of sp³-hybridized carbons (Fsp3) is 0.111. The molecule has 3 rings (SSSR count). The molecular weight excluding hydrogens is 386 g/mol. The third-order valence-corrected chi connectivity index (χ3v) is 4.71. The highest BCUT2D eigenvalue weighted by Gasteiger charge is 2.25. The van der Waals surface area contributed by atoms with Gasteiger partial charge in [-0.05, 0) is 39.9 Å². The SMILES string of the molecule is COc1cc(C(=O)O)ccc1NC(=O)CSc1c(=O)o[nH][n+]1-c1ccccc1. The number of methoxy groups -OCH3 is 1. The van der Waals surface area contributed by atoms with E-state index in [1.54, 1.807) is 12.1 Å². The first kappa shape index (κ1) is 19.2. The highest BCUT2D eigenvalue weighted by atomic mass is 32.2. The summed E-state index contributed by atoms with van der Waals surface area (Å²) < 4.78 is 11.4. The van der Waals surface area contributed by atoms with Crippen LogP contribution in [0.4, 0.5) is 5.69 Å². The predicted octanol–water partition coefficient (Wildman–Crippen LogP) is 1.68. The molecule has 2 aromatic carbocycles. The van der Waals surface area contributed by atoms with Crippen LogP contribution in [0.15, 0.2) is 62.9 Å². The Morgan fingerprint density at radius 1 is 1.25 bits per heavy atom. The summed E-state index contributed by atoms with van der Waals surface area (Å²) in [4.78, 5) is 35.3. The third kappa shape index (κ3) is 4.23. The summed E-state index contributed by atoms with van der Waals surface area (Å²) in [6.07, 6.45) is 0. The quantitative estimate of drug-likeness (QED) is 0.405. The van der Waals surface area contributed by atoms with Gasteiger partial charge in [-0.1, -0.05) is 18.2 Å². The van der Waals surface area contributed by atoms with E-state index in [4.69, 9.17) is 14.4 Å². The van der Waals surface area contributed by atoms with Gasteiger partial charge in [0.1, 0.15) is 5.75 Å². The molecule has 0 bridgehead atoms. The number of carboxylic acids is 1. The number of aromatic amines is 1. The number of hydrogen-bond acceptors (Lipinski definition) is 6. The number of hydrogen-bond donors (Lipinski definition) is 3. The van der Waals surface area contributed by atoms with Crippen molar-refractivity contribution in [2.24, 2.45) is 0 Å². The Hall–Kier alpha value is -3.53. The molecule has 0 unspecified atom stereocenters. The van der Waals surface area contributed by atoms with Crippen LogP contribution >= 0.6 is 11.8 Å². The third-order valence-electron chi connectivity index (χ3n) is 3.68. The van der Waals surface area contributed by atoms with E-state index < -0.39 is 17.5 Å². The number of anilines is 1. The number of benzene rings is 2. The van der Waals surface area contributed by atoms with Crippen molar-refractivity contribution in [3.05, 3.63) is 64.5 Å². The Balaban J connectivity index is 1.72. The molecule has 0 aliphatic carbocycles. The molecule has 1 aromatic heterocycles. The van der Waals surface area contributed by atoms with Crippen molar-refractivity contribution < 1.29 is 28.6 Å². The van der Waals surface area contributed by atoms with Gasteiger partial charge in [0.2, 0.25) is 11.6 Å². The number of carboxylic acid groups (broad SMARTS) is 1. The molecule has 28 heavy (non-hydrogen) atoms. The summed E-state index contributed by atoms with van der Waals surface area (Å²) >= 11 is 1.00. The van der Waals surface area contributed by atoms with E-state index in [2.05, 4.69) is 10.6 Å². The number of carbonyl (C=O) groups excluding carboxylic acids is 1. The number of nitrogens with zero attached hydrogens (tertiary/aromatic N) is 1. The standard InChI is InChI=1S/C18H15N3O6S/c1-26-14-9-11(17(23)24)7-8-13(14)19-15(22)10-28-16-18(25)27-20-21(16)12-5-3-2-4-6-12/h2-9H,10H2,1H3,(H2-,19,20,22,23,24,25)/p+1. The zero-order chi connectivity index (χ0) is 20.1. The normalized spacial score (nSPS) is 10.5. The maximum atomic E-state index is 12.3. The predicted molar refractivity (Wildman–Crippen MR) is 100 cm³/mol. The van der Waals surface area contributed by atoms with Gasteiger partial charge >= 0.3 is 16.6 Å². The van der Waals surface area contributed by atoms with Gasteiger partial charge < -0.3 is 15.2 Å². The van der Waals surface area contributed by atoms with Gasteiger partial charge in [-0.15, -0.1) is 0 Å². The van der Waals surface area contributed by atoms with Crippen LogP contribution in [0.1, 0.15) is 10.4 Å². The molecule has 0 spiro atoms. The molecule has 3 N–H and O–H groups in total. The van der Waals surface area contributed by atoms with E-state index in [1.165, 1.54) is 30.0 Å². The molecular formula is C18H16N3O6S+. The van der Waals surface area contributed by atoms with Crippen molar-refractivity contribution in [2.75, 3.05) is 18.2 Å². The number of thioether (sulfide) groups is 1. The maximum absolute atomic E-state index is 12.3. The van der Waals surface area contributed by atoms with Crippen molar-refractivity contribution in [3.8, 4) is 11.4 Å². The lowest BCUT2D eigenvalue weighted by Gasteiger charge is -2.10. The number of carbonyl (C=O) groups is 2. The maximum Gasteiger partial charge on any atom is 0.442 e. The van der Waals surface area contributed by atoms with Crippen LogP contribution in [-0.2, 0) is 4.79 Å². The second kappa shape index (κ2) is 8.44. The Morgan fingerprint density at radius 2 is 2.00 bits per heavy atom. The molecule has 0 radical (unpaired) electrons. The van der Waals surface area contributed by atoms with Crippen molar-refractivity contribution in [1.29, 1.82) is 0 Å². The minimum Gasteiger partial charge on any atom is -0.495 e. The van der Waals surface area contributed by atoms with Gasteiger partial charge in [0.15, 0.2) is 0 Å². The second-order valence-corrected chi connectivity index (χ2v) is 6.48. The van der Waals surface area contributed by atoms with Crippen molar-refractivity contribution >= 4 is 29.3 Å². The van der Waals surface area contributed by atoms with Crippen LogP contribution in [0.5, 0.6) is 5.75 Å². The summed E-state index contributed by atoms with van der Waals surface area (Å²) in [5.41, 5.74) is 0.459. The fourth-order valence-corrected chi connectivity index (χ4v) is 3.15. The topological polar surface area (TPSA) is 126 Å². The van der Waals surface area contributed by atoms with Crippen molar-refractivity contribution in [3.63, 3.8) is 0 Å². The Kier molecular flexibility index (Phi) is 5.80. The first-order valence-corrected chi connectivity index (χ1v) is 9.01. The second-order valence-electron chi connectivity index (χ2n) is 5.51. The summed E-state index contributed by atoms with van der Waals surface area (Å²) in [5.74, 6) is -1.35. The first-order valence-electron chi connectivity index (χ1n) is 8.02. The molecule has 0 saturated carbocycles. The summed E-state index contributed by atoms with van der Waals surface area (Å²) in [6.45, 7) is 0. The van der Waals surface area contributed by atoms with Crippen LogP contribution in [0.3, 0.4) is 0 Å². The van der Waals surface area contributed by atoms with Crippen LogP contribution in [0.25, 0.3) is 5.69 Å². The minimum atomic E-state index is -1.10. The number of rotatable bonds is 7. The number of ether oxygens (including phenoxy) is 1. The van der Waals surface area contributed by atoms with Crippen LogP contribution in [-0.4, -0.2) is 35.1 Å². The number of aromatic nitrogens is 2. The van der Waals surface area contributed by atoms with Crippen molar-refractivity contribution in [2.45, 2.75) is 5.03 Å². The van der Waals surface area contributed by atoms with E-state index in [0.717, 1.165) is 11.8 Å². The van der Waals surface area contributed by atoms with E-state index in [9.17, 15) is 14.4 Å². The average molecular weight is 402 g/mol. The number of H-pyrrole nitrogens is 1. The molecule has 0 saturated heterocycles. The van der Waals surface area contributed by atoms with Gasteiger partial charge in [-0.25, -0.2) is 9.59 Å². The monoisotopic (exact) mass is 402 g/mol. The zero-order valence-corrected chi connectivity index (χ0v) is 15.5. The number of para-hydroxylation sites is 1. The molecule has 1 heterocycles. The minimum absolute atomic E-state index is 0.0399. The van der Waals surface area contributed by atoms with E-state index in [1.807, 2.05) is 18.2 Å². The summed E-state index contributed by atoms with van der Waals surface area (Å²) in [6, 6.07) is 13.1. The van der Waals surface area contributed by atoms with Gasteiger partial charge in [-0.3, -0.25) is 9.32 Å². The molecule has 144 valence electrons. The van der Waals surface area contributed by atoms with E-state index in [-0.39, 0.29) is 22.1 Å². The Bertz CT molecular complexity index is 1060. The molecule has 0 atom stereocenters. The highest BCUT2D eigenvalue weighted by Crippen LogP contribution is 2.26. The van der Waals surface area contributed by atoms with Crippen LogP contribution < -0.4 is 20.4 Å². The number of aromatic carboxylic acids is 1. The molecule has 9 nitrogen and oxygen atoms in total. The largest absolute Gasteiger partial charge is 0.495 e. The van der Waals surface area contributed by atoms with Crippen molar-refractivity contribution in [1.82, 2.24) is 5.27 Å². The Morgan fingerprint density at radius 3 is 2.68 bits per heavy atom. The molecule has 1 amide bonds. The molecule has 10 heteroatoms. The summed E-state index contributed by atoms with van der Waals surface area (Å²) in [5, 5.41) is 14.4. The molecule has 0 fully saturated rings. The van der Waals surface area contributed by atoms with Gasteiger partial charge in [0.25, 0.3) is 0 Å².